The van der Waals surface area contributed by atoms with Gasteiger partial charge in [0.1, 0.15) is 5.69 Å². The van der Waals surface area contributed by atoms with E-state index < -0.39 is 0 Å². The fourth-order valence-corrected chi connectivity index (χ4v) is 3.20. The molecule has 2 aromatic heterocycles. The lowest BCUT2D eigenvalue weighted by molar-refractivity contribution is -0.508. The lowest BCUT2D eigenvalue weighted by Crippen LogP contribution is -3.00. The zero-order valence-electron chi connectivity index (χ0n) is 12.1. The molecule has 0 spiro atoms. The SMILES string of the molecule is Nc1c2cc3c(cc2c[n+]2ccc4ccccc4c12)OCO3.[Br-]. The highest BCUT2D eigenvalue weighted by molar-refractivity contribution is 6.07. The molecule has 3 heterocycles. The van der Waals surface area contributed by atoms with E-state index in [1.165, 1.54) is 5.39 Å². The third kappa shape index (κ3) is 1.93. The molecule has 0 saturated heterocycles. The number of anilines is 1. The molecule has 0 fully saturated rings. The first-order chi connectivity index (χ1) is 10.8. The van der Waals surface area contributed by atoms with E-state index in [1.807, 2.05) is 30.5 Å². The second-order valence-corrected chi connectivity index (χ2v) is 5.49. The van der Waals surface area contributed by atoms with Crippen LogP contribution in [0.25, 0.3) is 27.1 Å². The minimum absolute atomic E-state index is 0. The molecule has 2 aromatic carbocycles. The van der Waals surface area contributed by atoms with Crippen LogP contribution in [0, 0.1) is 0 Å². The molecule has 1 aliphatic rings. The summed E-state index contributed by atoms with van der Waals surface area (Å²) in [6, 6.07) is 14.3. The van der Waals surface area contributed by atoms with Crippen LogP contribution >= 0.6 is 0 Å². The number of pyridine rings is 2. The summed E-state index contributed by atoms with van der Waals surface area (Å²) in [5.41, 5.74) is 8.27. The maximum atomic E-state index is 6.50. The van der Waals surface area contributed by atoms with Gasteiger partial charge in [-0.05, 0) is 23.6 Å². The fourth-order valence-electron chi connectivity index (χ4n) is 3.20. The zero-order valence-corrected chi connectivity index (χ0v) is 13.7. The minimum Gasteiger partial charge on any atom is -1.00 e. The van der Waals surface area contributed by atoms with Crippen molar-refractivity contribution >= 4 is 32.7 Å². The van der Waals surface area contributed by atoms with Gasteiger partial charge in [0.15, 0.2) is 23.9 Å². The topological polar surface area (TPSA) is 48.6 Å². The summed E-state index contributed by atoms with van der Waals surface area (Å²) in [4.78, 5) is 0. The van der Waals surface area contributed by atoms with E-state index in [9.17, 15) is 0 Å². The molecular formula is C18H13BrN2O2. The van der Waals surface area contributed by atoms with Gasteiger partial charge >= 0.3 is 0 Å². The molecule has 5 heteroatoms. The Morgan fingerprint density at radius 2 is 1.70 bits per heavy atom. The second kappa shape index (κ2) is 4.99. The smallest absolute Gasteiger partial charge is 0.242 e. The Morgan fingerprint density at radius 1 is 0.913 bits per heavy atom. The number of nitrogens with zero attached hydrogens (tertiary/aromatic N) is 1. The van der Waals surface area contributed by atoms with Crippen LogP contribution in [0.15, 0.2) is 54.9 Å². The summed E-state index contributed by atoms with van der Waals surface area (Å²) < 4.78 is 13.0. The van der Waals surface area contributed by atoms with Gasteiger partial charge in [-0.25, -0.2) is 0 Å². The predicted molar refractivity (Wildman–Crippen MR) is 85.1 cm³/mol. The van der Waals surface area contributed by atoms with Gasteiger partial charge in [0.05, 0.1) is 10.8 Å². The van der Waals surface area contributed by atoms with Crippen LogP contribution in [0.4, 0.5) is 5.69 Å². The highest BCUT2D eigenvalue weighted by Crippen LogP contribution is 2.38. The van der Waals surface area contributed by atoms with Crippen molar-refractivity contribution in [2.75, 3.05) is 12.5 Å². The number of benzene rings is 2. The molecule has 0 aliphatic carbocycles. The zero-order chi connectivity index (χ0) is 14.7. The van der Waals surface area contributed by atoms with Gasteiger partial charge in [0.25, 0.3) is 0 Å². The highest BCUT2D eigenvalue weighted by Gasteiger charge is 2.20. The number of hydrogen-bond acceptors (Lipinski definition) is 3. The largest absolute Gasteiger partial charge is 1.00 e. The third-order valence-electron chi connectivity index (χ3n) is 4.26. The molecule has 23 heavy (non-hydrogen) atoms. The molecule has 0 radical (unpaired) electrons. The monoisotopic (exact) mass is 368 g/mol. The highest BCUT2D eigenvalue weighted by atomic mass is 79.9. The number of ether oxygens (including phenoxy) is 2. The van der Waals surface area contributed by atoms with Gasteiger partial charge in [-0.3, -0.25) is 0 Å². The van der Waals surface area contributed by atoms with Gasteiger partial charge < -0.3 is 32.2 Å². The molecule has 0 unspecified atom stereocenters. The number of nitrogens with two attached hydrogens (primary N) is 1. The van der Waals surface area contributed by atoms with Crippen LogP contribution in [0.3, 0.4) is 0 Å². The van der Waals surface area contributed by atoms with Gasteiger partial charge in [-0.1, -0.05) is 18.2 Å². The predicted octanol–water partition coefficient (Wildman–Crippen LogP) is 0.0466. The van der Waals surface area contributed by atoms with Crippen LogP contribution in [-0.4, -0.2) is 6.79 Å². The Morgan fingerprint density at radius 3 is 2.57 bits per heavy atom. The summed E-state index contributed by atoms with van der Waals surface area (Å²) in [6.45, 7) is 0.265. The third-order valence-corrected chi connectivity index (χ3v) is 4.26. The standard InChI is InChI=1S/C18H13N2O2.BrH/c19-17-14-8-16-15(21-10-22-16)7-12(14)9-20-6-5-11-3-1-2-4-13(11)18(17)20;/h1-9H,10,19H2;1H/q+1;/p-1. The second-order valence-electron chi connectivity index (χ2n) is 5.49. The van der Waals surface area contributed by atoms with Gasteiger partial charge in [-0.15, -0.1) is 0 Å². The molecule has 1 aliphatic heterocycles. The maximum absolute atomic E-state index is 6.50. The maximum Gasteiger partial charge on any atom is 0.242 e. The van der Waals surface area contributed by atoms with Crippen molar-refractivity contribution in [3.8, 4) is 11.5 Å². The molecule has 0 atom stereocenters. The van der Waals surface area contributed by atoms with E-state index in [0.29, 0.717) is 0 Å². The molecule has 5 rings (SSSR count). The van der Waals surface area contributed by atoms with E-state index in [1.54, 1.807) is 0 Å². The Kier molecular flexibility index (Phi) is 3.06. The lowest BCUT2D eigenvalue weighted by Gasteiger charge is -2.06. The van der Waals surface area contributed by atoms with Crippen molar-refractivity contribution in [2.45, 2.75) is 0 Å². The van der Waals surface area contributed by atoms with Crippen LogP contribution < -0.4 is 36.6 Å². The van der Waals surface area contributed by atoms with Crippen molar-refractivity contribution in [1.82, 2.24) is 0 Å². The Balaban J connectivity index is 0.00000135. The number of halogens is 1. The average Bonchev–Trinajstić information content (AvgIpc) is 3.00. The van der Waals surface area contributed by atoms with Crippen molar-refractivity contribution in [1.29, 1.82) is 0 Å². The first-order valence-corrected chi connectivity index (χ1v) is 7.16. The van der Waals surface area contributed by atoms with E-state index in [0.717, 1.165) is 38.9 Å². The number of fused-ring (bicyclic) bond motifs is 5. The van der Waals surface area contributed by atoms with Gasteiger partial charge in [0, 0.05) is 11.5 Å². The van der Waals surface area contributed by atoms with Crippen molar-refractivity contribution in [2.24, 2.45) is 0 Å². The molecule has 0 bridgehead atoms. The summed E-state index contributed by atoms with van der Waals surface area (Å²) in [7, 11) is 0. The average molecular weight is 369 g/mol. The van der Waals surface area contributed by atoms with Gasteiger partial charge in [-0.2, -0.15) is 4.40 Å². The summed E-state index contributed by atoms with van der Waals surface area (Å²) in [5, 5.41) is 4.34. The van der Waals surface area contributed by atoms with Crippen LogP contribution in [-0.2, 0) is 0 Å². The first kappa shape index (κ1) is 14.1. The molecule has 114 valence electrons. The Labute approximate surface area is 142 Å². The van der Waals surface area contributed by atoms with Crippen molar-refractivity contribution in [3.63, 3.8) is 0 Å². The Bertz CT molecular complexity index is 1080. The quantitative estimate of drug-likeness (QED) is 0.271. The minimum atomic E-state index is 0. The normalized spacial score (nSPS) is 12.7. The van der Waals surface area contributed by atoms with Crippen LogP contribution in [0.2, 0.25) is 0 Å². The number of nitrogen functional groups attached to an aromatic ring is 1. The number of hydrogen-bond donors (Lipinski definition) is 1. The molecule has 0 saturated carbocycles. The summed E-state index contributed by atoms with van der Waals surface area (Å²) in [6.07, 6.45) is 4.12. The van der Waals surface area contributed by atoms with Gasteiger partial charge in [0.2, 0.25) is 12.3 Å². The van der Waals surface area contributed by atoms with Crippen molar-refractivity contribution < 1.29 is 30.9 Å². The Hall–Kier alpha value is -2.53. The number of aromatic nitrogens is 1. The summed E-state index contributed by atoms with van der Waals surface area (Å²) >= 11 is 0. The lowest BCUT2D eigenvalue weighted by atomic mass is 10.0. The van der Waals surface area contributed by atoms with E-state index in [-0.39, 0.29) is 23.8 Å². The molecule has 4 nitrogen and oxygen atoms in total. The molecular weight excluding hydrogens is 356 g/mol. The summed E-state index contributed by atoms with van der Waals surface area (Å²) in [5.74, 6) is 1.52. The van der Waals surface area contributed by atoms with E-state index >= 15 is 0 Å². The van der Waals surface area contributed by atoms with Crippen molar-refractivity contribution in [3.05, 3.63) is 54.9 Å². The van der Waals surface area contributed by atoms with Crippen LogP contribution in [0.1, 0.15) is 0 Å². The molecule has 4 aromatic rings. The number of rotatable bonds is 0. The molecule has 2 N–H and O–H groups in total. The van der Waals surface area contributed by atoms with Crippen LogP contribution in [0.5, 0.6) is 11.5 Å². The fraction of sp³-hybridized carbons (Fsp3) is 0.0556. The first-order valence-electron chi connectivity index (χ1n) is 7.16. The van der Waals surface area contributed by atoms with E-state index in [4.69, 9.17) is 15.2 Å². The molecule has 0 amide bonds. The van der Waals surface area contributed by atoms with E-state index in [2.05, 4.69) is 28.8 Å².